The number of carbonyl (C=O) groups excluding carboxylic acids is 1. The van der Waals surface area contributed by atoms with Crippen molar-refractivity contribution in [3.8, 4) is 0 Å². The van der Waals surface area contributed by atoms with E-state index in [1.807, 2.05) is 0 Å². The van der Waals surface area contributed by atoms with Gasteiger partial charge < -0.3 is 20.8 Å². The normalized spacial score (nSPS) is 13.1. The quantitative estimate of drug-likeness (QED) is 0.469. The summed E-state index contributed by atoms with van der Waals surface area (Å²) in [7, 11) is 0. The maximum atomic E-state index is 11.6. The number of carbonyl (C=O) groups is 2. The van der Waals surface area contributed by atoms with Gasteiger partial charge in [-0.05, 0) is 19.9 Å². The molecule has 0 spiro atoms. The van der Waals surface area contributed by atoms with Crippen LogP contribution in [0, 0.1) is 17.0 Å². The number of nitro benzene ring substituents is 1. The molecular weight excluding hydrogens is 282 g/mol. The number of aliphatic carboxylic acids is 1. The lowest BCUT2D eigenvalue weighted by Gasteiger charge is -2.18. The van der Waals surface area contributed by atoms with Gasteiger partial charge >= 0.3 is 12.0 Å². The fourth-order valence-corrected chi connectivity index (χ4v) is 1.45. The Balaban J connectivity index is 2.74. The summed E-state index contributed by atoms with van der Waals surface area (Å²) in [5.41, 5.74) is -1.76. The number of anilines is 1. The van der Waals surface area contributed by atoms with E-state index >= 15 is 0 Å². The fourth-order valence-electron chi connectivity index (χ4n) is 1.45. The third kappa shape index (κ3) is 4.14. The number of nitrogens with zero attached hydrogens (tertiary/aromatic N) is 1. The largest absolute Gasteiger partial charge is 0.479 e. The molecule has 0 bridgehead atoms. The Morgan fingerprint density at radius 1 is 1.43 bits per heavy atom. The van der Waals surface area contributed by atoms with E-state index in [0.717, 1.165) is 6.92 Å². The van der Waals surface area contributed by atoms with Gasteiger partial charge in [-0.25, -0.2) is 9.59 Å². The second-order valence-electron chi connectivity index (χ2n) is 4.59. The Morgan fingerprint density at radius 3 is 2.57 bits per heavy atom. The predicted octanol–water partition coefficient (Wildman–Crippen LogP) is 0.860. The van der Waals surface area contributed by atoms with Crippen LogP contribution in [-0.4, -0.2) is 39.3 Å². The summed E-state index contributed by atoms with van der Waals surface area (Å²) in [5, 5.41) is 33.4. The van der Waals surface area contributed by atoms with E-state index in [1.165, 1.54) is 25.1 Å². The van der Waals surface area contributed by atoms with E-state index in [-0.39, 0.29) is 16.9 Å². The van der Waals surface area contributed by atoms with Crippen molar-refractivity contribution < 1.29 is 24.7 Å². The van der Waals surface area contributed by atoms with Crippen molar-refractivity contribution in [3.63, 3.8) is 0 Å². The van der Waals surface area contributed by atoms with Crippen LogP contribution in [0.2, 0.25) is 0 Å². The topological polar surface area (TPSA) is 142 Å². The Labute approximate surface area is 119 Å². The number of benzene rings is 1. The molecule has 0 saturated carbocycles. The SMILES string of the molecule is Cc1c(NC(=O)NCC(C)(O)C(=O)O)cccc1[N+](=O)[O-]. The molecule has 9 heteroatoms. The number of hydrogen-bond donors (Lipinski definition) is 4. The molecule has 114 valence electrons. The van der Waals surface area contributed by atoms with Crippen LogP contribution in [-0.2, 0) is 4.79 Å². The Morgan fingerprint density at radius 2 is 2.05 bits per heavy atom. The molecule has 0 fully saturated rings. The summed E-state index contributed by atoms with van der Waals surface area (Å²) >= 11 is 0. The monoisotopic (exact) mass is 297 g/mol. The molecule has 1 aromatic carbocycles. The molecule has 21 heavy (non-hydrogen) atoms. The molecule has 2 amide bonds. The zero-order valence-electron chi connectivity index (χ0n) is 11.4. The van der Waals surface area contributed by atoms with Gasteiger partial charge in [-0.1, -0.05) is 6.07 Å². The van der Waals surface area contributed by atoms with Crippen LogP contribution in [0.3, 0.4) is 0 Å². The van der Waals surface area contributed by atoms with E-state index in [9.17, 15) is 24.8 Å². The molecule has 0 saturated heterocycles. The molecule has 1 atom stereocenters. The van der Waals surface area contributed by atoms with Crippen molar-refractivity contribution in [2.75, 3.05) is 11.9 Å². The number of amides is 2. The zero-order chi connectivity index (χ0) is 16.2. The van der Waals surface area contributed by atoms with E-state index in [1.54, 1.807) is 0 Å². The van der Waals surface area contributed by atoms with Gasteiger partial charge in [-0.3, -0.25) is 10.1 Å². The van der Waals surface area contributed by atoms with E-state index < -0.39 is 29.1 Å². The molecule has 1 unspecified atom stereocenters. The lowest BCUT2D eigenvalue weighted by Crippen LogP contribution is -2.47. The van der Waals surface area contributed by atoms with Gasteiger partial charge in [0.1, 0.15) is 0 Å². The average Bonchev–Trinajstić information content (AvgIpc) is 2.38. The molecule has 0 radical (unpaired) electrons. The van der Waals surface area contributed by atoms with E-state index in [4.69, 9.17) is 5.11 Å². The van der Waals surface area contributed by atoms with Gasteiger partial charge in [0, 0.05) is 6.07 Å². The van der Waals surface area contributed by atoms with Crippen LogP contribution < -0.4 is 10.6 Å². The van der Waals surface area contributed by atoms with Crippen molar-refractivity contribution in [3.05, 3.63) is 33.9 Å². The van der Waals surface area contributed by atoms with E-state index in [2.05, 4.69) is 10.6 Å². The van der Waals surface area contributed by atoms with Gasteiger partial charge in [-0.2, -0.15) is 0 Å². The van der Waals surface area contributed by atoms with Gasteiger partial charge in [0.25, 0.3) is 5.69 Å². The number of carboxylic acids is 1. The van der Waals surface area contributed by atoms with Crippen LogP contribution in [0.25, 0.3) is 0 Å². The molecule has 0 aromatic heterocycles. The number of rotatable bonds is 5. The molecular formula is C12H15N3O6. The minimum Gasteiger partial charge on any atom is -0.479 e. The van der Waals surface area contributed by atoms with Crippen LogP contribution in [0.5, 0.6) is 0 Å². The van der Waals surface area contributed by atoms with Crippen molar-refractivity contribution in [2.24, 2.45) is 0 Å². The lowest BCUT2D eigenvalue weighted by molar-refractivity contribution is -0.385. The highest BCUT2D eigenvalue weighted by Gasteiger charge is 2.30. The highest BCUT2D eigenvalue weighted by molar-refractivity contribution is 5.91. The number of nitrogens with one attached hydrogen (secondary N) is 2. The second-order valence-corrected chi connectivity index (χ2v) is 4.59. The van der Waals surface area contributed by atoms with Crippen molar-refractivity contribution in [2.45, 2.75) is 19.4 Å². The first kappa shape index (κ1) is 16.4. The van der Waals surface area contributed by atoms with Crippen molar-refractivity contribution >= 4 is 23.4 Å². The van der Waals surface area contributed by atoms with Crippen LogP contribution in [0.1, 0.15) is 12.5 Å². The highest BCUT2D eigenvalue weighted by Crippen LogP contribution is 2.24. The summed E-state index contributed by atoms with van der Waals surface area (Å²) < 4.78 is 0. The minimum absolute atomic E-state index is 0.148. The third-order valence-electron chi connectivity index (χ3n) is 2.80. The molecule has 0 aliphatic heterocycles. The zero-order valence-corrected chi connectivity index (χ0v) is 11.4. The molecule has 0 aliphatic carbocycles. The minimum atomic E-state index is -2.10. The summed E-state index contributed by atoms with van der Waals surface area (Å²) in [4.78, 5) is 32.5. The van der Waals surface area contributed by atoms with Gasteiger partial charge in [0.15, 0.2) is 5.60 Å². The average molecular weight is 297 g/mol. The van der Waals surface area contributed by atoms with Crippen molar-refractivity contribution in [1.29, 1.82) is 0 Å². The van der Waals surface area contributed by atoms with Crippen LogP contribution in [0.15, 0.2) is 18.2 Å². The molecule has 1 rings (SSSR count). The summed E-state index contributed by atoms with van der Waals surface area (Å²) in [5.74, 6) is -1.48. The lowest BCUT2D eigenvalue weighted by atomic mass is 10.1. The molecule has 0 aliphatic rings. The Kier molecular flexibility index (Phi) is 4.82. The summed E-state index contributed by atoms with van der Waals surface area (Å²) in [6, 6.07) is 3.40. The van der Waals surface area contributed by atoms with Gasteiger partial charge in [-0.15, -0.1) is 0 Å². The fraction of sp³-hybridized carbons (Fsp3) is 0.333. The molecule has 1 aromatic rings. The van der Waals surface area contributed by atoms with E-state index in [0.29, 0.717) is 0 Å². The number of carboxylic acid groups (broad SMARTS) is 1. The third-order valence-corrected chi connectivity index (χ3v) is 2.80. The molecule has 4 N–H and O–H groups in total. The summed E-state index contributed by atoms with van der Waals surface area (Å²) in [6.45, 7) is 2.00. The maximum absolute atomic E-state index is 11.6. The molecule has 0 heterocycles. The Hall–Kier alpha value is -2.68. The van der Waals surface area contributed by atoms with Gasteiger partial charge in [0.2, 0.25) is 0 Å². The first-order valence-electron chi connectivity index (χ1n) is 5.90. The maximum Gasteiger partial charge on any atom is 0.337 e. The smallest absolute Gasteiger partial charge is 0.337 e. The first-order valence-corrected chi connectivity index (χ1v) is 5.90. The van der Waals surface area contributed by atoms with Crippen LogP contribution >= 0.6 is 0 Å². The predicted molar refractivity (Wildman–Crippen MR) is 73.1 cm³/mol. The van der Waals surface area contributed by atoms with Gasteiger partial charge in [0.05, 0.1) is 22.7 Å². The first-order chi connectivity index (χ1) is 9.65. The number of urea groups is 1. The number of aliphatic hydroxyl groups is 1. The van der Waals surface area contributed by atoms with Crippen molar-refractivity contribution in [1.82, 2.24) is 5.32 Å². The second kappa shape index (κ2) is 6.18. The van der Waals surface area contributed by atoms with Crippen LogP contribution in [0.4, 0.5) is 16.2 Å². The number of nitro groups is 1. The molecule has 9 nitrogen and oxygen atoms in total. The highest BCUT2D eigenvalue weighted by atomic mass is 16.6. The number of hydrogen-bond acceptors (Lipinski definition) is 5. The standard InChI is InChI=1S/C12H15N3O6/c1-7-8(4-3-5-9(7)15(20)21)14-11(18)13-6-12(2,19)10(16)17/h3-5,19H,6H2,1-2H3,(H,16,17)(H2,13,14,18). The summed E-state index contributed by atoms with van der Waals surface area (Å²) in [6.07, 6.45) is 0. The Bertz CT molecular complexity index is 584.